The second-order valence-electron chi connectivity index (χ2n) is 5.72. The van der Waals surface area contributed by atoms with Gasteiger partial charge in [-0.2, -0.15) is 0 Å². The van der Waals surface area contributed by atoms with Gasteiger partial charge in [-0.15, -0.1) is 0 Å². The van der Waals surface area contributed by atoms with Crippen LogP contribution in [0.15, 0.2) is 48.5 Å². The van der Waals surface area contributed by atoms with Crippen LogP contribution in [-0.4, -0.2) is 47.0 Å². The highest BCUT2D eigenvalue weighted by atomic mass is 19.1. The molecule has 23 heavy (non-hydrogen) atoms. The van der Waals surface area contributed by atoms with Gasteiger partial charge in [-0.3, -0.25) is 9.69 Å². The zero-order valence-corrected chi connectivity index (χ0v) is 12.8. The van der Waals surface area contributed by atoms with Gasteiger partial charge in [0, 0.05) is 38.3 Å². The number of hydrogen-bond acceptors (Lipinski definition) is 3. The van der Waals surface area contributed by atoms with Crippen LogP contribution in [0.25, 0.3) is 0 Å². The maximum Gasteiger partial charge on any atom is 0.254 e. The Balaban J connectivity index is 1.58. The number of aromatic hydroxyl groups is 1. The number of halogens is 1. The second-order valence-corrected chi connectivity index (χ2v) is 5.72. The van der Waals surface area contributed by atoms with Gasteiger partial charge in [0.15, 0.2) is 11.6 Å². The molecule has 5 heteroatoms. The van der Waals surface area contributed by atoms with Crippen LogP contribution in [-0.2, 0) is 6.54 Å². The van der Waals surface area contributed by atoms with Gasteiger partial charge >= 0.3 is 0 Å². The van der Waals surface area contributed by atoms with Crippen LogP contribution in [0.5, 0.6) is 5.75 Å². The molecule has 0 saturated carbocycles. The number of nitrogens with zero attached hydrogens (tertiary/aromatic N) is 2. The number of carbonyl (C=O) groups is 1. The Morgan fingerprint density at radius 3 is 2.39 bits per heavy atom. The van der Waals surface area contributed by atoms with Crippen molar-refractivity contribution < 1.29 is 14.3 Å². The predicted octanol–water partition coefficient (Wildman–Crippen LogP) is 2.49. The monoisotopic (exact) mass is 314 g/mol. The van der Waals surface area contributed by atoms with Crippen LogP contribution in [0.3, 0.4) is 0 Å². The maximum atomic E-state index is 13.4. The van der Waals surface area contributed by atoms with Crippen molar-refractivity contribution >= 4 is 5.91 Å². The molecule has 0 radical (unpaired) electrons. The minimum absolute atomic E-state index is 0.191. The summed E-state index contributed by atoms with van der Waals surface area (Å²) in [5.74, 6) is -1.39. The van der Waals surface area contributed by atoms with Gasteiger partial charge in [-0.1, -0.05) is 30.3 Å². The van der Waals surface area contributed by atoms with Gasteiger partial charge in [-0.25, -0.2) is 4.39 Å². The van der Waals surface area contributed by atoms with E-state index in [2.05, 4.69) is 17.0 Å². The Bertz CT molecular complexity index is 683. The first-order chi connectivity index (χ1) is 11.1. The molecule has 0 atom stereocenters. The summed E-state index contributed by atoms with van der Waals surface area (Å²) in [4.78, 5) is 16.4. The fraction of sp³-hybridized carbons (Fsp3) is 0.278. The van der Waals surface area contributed by atoms with Crippen molar-refractivity contribution in [2.24, 2.45) is 0 Å². The highest BCUT2D eigenvalue weighted by Gasteiger charge is 2.22. The van der Waals surface area contributed by atoms with Gasteiger partial charge in [0.1, 0.15) is 0 Å². The van der Waals surface area contributed by atoms with Crippen LogP contribution < -0.4 is 0 Å². The second kappa shape index (κ2) is 6.79. The van der Waals surface area contributed by atoms with Gasteiger partial charge < -0.3 is 10.0 Å². The lowest BCUT2D eigenvalue weighted by molar-refractivity contribution is 0.0628. The average Bonchev–Trinajstić information content (AvgIpc) is 2.58. The van der Waals surface area contributed by atoms with Crippen molar-refractivity contribution in [3.8, 4) is 5.75 Å². The summed E-state index contributed by atoms with van der Waals surface area (Å²) < 4.78 is 13.4. The Morgan fingerprint density at radius 1 is 1.04 bits per heavy atom. The third-order valence-electron chi connectivity index (χ3n) is 4.10. The van der Waals surface area contributed by atoms with E-state index in [1.807, 2.05) is 18.2 Å². The zero-order chi connectivity index (χ0) is 16.2. The third-order valence-corrected chi connectivity index (χ3v) is 4.10. The molecule has 1 aliphatic rings. The molecule has 1 aliphatic heterocycles. The molecule has 0 aromatic heterocycles. The highest BCUT2D eigenvalue weighted by Crippen LogP contribution is 2.18. The quantitative estimate of drug-likeness (QED) is 0.946. The number of piperazine rings is 1. The summed E-state index contributed by atoms with van der Waals surface area (Å²) in [7, 11) is 0. The lowest BCUT2D eigenvalue weighted by Gasteiger charge is -2.34. The first-order valence-electron chi connectivity index (χ1n) is 7.67. The van der Waals surface area contributed by atoms with Crippen LogP contribution in [0.2, 0.25) is 0 Å². The van der Waals surface area contributed by atoms with Crippen molar-refractivity contribution in [1.82, 2.24) is 9.80 Å². The van der Waals surface area contributed by atoms with Crippen LogP contribution in [0.1, 0.15) is 15.9 Å². The van der Waals surface area contributed by atoms with E-state index in [1.165, 1.54) is 17.7 Å². The van der Waals surface area contributed by atoms with Crippen molar-refractivity contribution in [1.29, 1.82) is 0 Å². The van der Waals surface area contributed by atoms with E-state index in [-0.39, 0.29) is 11.5 Å². The number of amides is 1. The van der Waals surface area contributed by atoms with E-state index in [4.69, 9.17) is 0 Å². The van der Waals surface area contributed by atoms with E-state index in [0.29, 0.717) is 13.1 Å². The molecule has 4 nitrogen and oxygen atoms in total. The minimum Gasteiger partial charge on any atom is -0.505 e. The number of rotatable bonds is 3. The lowest BCUT2D eigenvalue weighted by atomic mass is 10.1. The molecule has 0 aliphatic carbocycles. The van der Waals surface area contributed by atoms with Crippen molar-refractivity contribution in [3.63, 3.8) is 0 Å². The van der Waals surface area contributed by atoms with Crippen molar-refractivity contribution in [2.75, 3.05) is 26.2 Å². The molecule has 0 bridgehead atoms. The normalized spacial score (nSPS) is 15.6. The van der Waals surface area contributed by atoms with Gasteiger partial charge in [-0.05, 0) is 23.8 Å². The van der Waals surface area contributed by atoms with E-state index < -0.39 is 11.6 Å². The minimum atomic E-state index is -0.765. The lowest BCUT2D eigenvalue weighted by Crippen LogP contribution is -2.48. The molecule has 0 unspecified atom stereocenters. The van der Waals surface area contributed by atoms with E-state index in [0.717, 1.165) is 25.7 Å². The van der Waals surface area contributed by atoms with Crippen molar-refractivity contribution in [2.45, 2.75) is 6.54 Å². The molecule has 2 aromatic rings. The van der Waals surface area contributed by atoms with Gasteiger partial charge in [0.2, 0.25) is 0 Å². The Morgan fingerprint density at radius 2 is 1.74 bits per heavy atom. The van der Waals surface area contributed by atoms with Gasteiger partial charge in [0.25, 0.3) is 5.91 Å². The number of phenols is 1. The smallest absolute Gasteiger partial charge is 0.254 e. The van der Waals surface area contributed by atoms with Crippen LogP contribution in [0, 0.1) is 5.82 Å². The zero-order valence-electron chi connectivity index (χ0n) is 12.8. The summed E-state index contributed by atoms with van der Waals surface area (Å²) in [6, 6.07) is 14.0. The molecular formula is C18H19FN2O2. The number of carbonyl (C=O) groups excluding carboxylic acids is 1. The number of benzene rings is 2. The maximum absolute atomic E-state index is 13.4. The molecule has 1 N–H and O–H groups in total. The van der Waals surface area contributed by atoms with Gasteiger partial charge in [0.05, 0.1) is 0 Å². The SMILES string of the molecule is O=C(c1ccc(O)c(F)c1)N1CCN(Cc2ccccc2)CC1. The molecule has 1 amide bonds. The highest BCUT2D eigenvalue weighted by molar-refractivity contribution is 5.94. The summed E-state index contributed by atoms with van der Waals surface area (Å²) in [6.07, 6.45) is 0. The predicted molar refractivity (Wildman–Crippen MR) is 85.7 cm³/mol. The Labute approximate surface area is 134 Å². The Hall–Kier alpha value is -2.40. The molecule has 2 aromatic carbocycles. The molecule has 1 heterocycles. The van der Waals surface area contributed by atoms with E-state index in [9.17, 15) is 14.3 Å². The molecule has 1 fully saturated rings. The van der Waals surface area contributed by atoms with E-state index >= 15 is 0 Å². The molecule has 120 valence electrons. The first kappa shape index (κ1) is 15.5. The molecule has 3 rings (SSSR count). The summed E-state index contributed by atoms with van der Waals surface area (Å²) in [5, 5.41) is 9.20. The summed E-state index contributed by atoms with van der Waals surface area (Å²) in [6.45, 7) is 3.70. The number of hydrogen-bond donors (Lipinski definition) is 1. The molecule has 0 spiro atoms. The third kappa shape index (κ3) is 3.68. The fourth-order valence-electron chi connectivity index (χ4n) is 2.77. The standard InChI is InChI=1S/C18H19FN2O2/c19-16-12-15(6-7-17(16)22)18(23)21-10-8-20(9-11-21)13-14-4-2-1-3-5-14/h1-7,12,22H,8-11,13H2. The first-order valence-corrected chi connectivity index (χ1v) is 7.67. The van der Waals surface area contributed by atoms with Crippen molar-refractivity contribution in [3.05, 3.63) is 65.5 Å². The topological polar surface area (TPSA) is 43.8 Å². The molecular weight excluding hydrogens is 295 g/mol. The van der Waals surface area contributed by atoms with E-state index in [1.54, 1.807) is 4.90 Å². The van der Waals surface area contributed by atoms with Crippen LogP contribution in [0.4, 0.5) is 4.39 Å². The van der Waals surface area contributed by atoms with Crippen LogP contribution >= 0.6 is 0 Å². The summed E-state index contributed by atoms with van der Waals surface area (Å²) in [5.41, 5.74) is 1.53. The fourth-order valence-corrected chi connectivity index (χ4v) is 2.77. The Kier molecular flexibility index (Phi) is 4.57. The molecule has 1 saturated heterocycles. The summed E-state index contributed by atoms with van der Waals surface area (Å²) >= 11 is 0. The average molecular weight is 314 g/mol. The largest absolute Gasteiger partial charge is 0.505 e. The number of phenolic OH excluding ortho intramolecular Hbond substituents is 1.